The zero-order valence-electron chi connectivity index (χ0n) is 9.98. The Hall–Kier alpha value is -1.32. The lowest BCUT2D eigenvalue weighted by Gasteiger charge is -2.11. The van der Waals surface area contributed by atoms with Gasteiger partial charge in [-0.25, -0.2) is 0 Å². The number of carbonyl (C=O) groups excluding carboxylic acids is 1. The smallest absolute Gasteiger partial charge is 0.221 e. The van der Waals surface area contributed by atoms with Crippen LogP contribution in [0.2, 0.25) is 0 Å². The van der Waals surface area contributed by atoms with Gasteiger partial charge in [0.2, 0.25) is 5.91 Å². The van der Waals surface area contributed by atoms with Crippen LogP contribution in [0.1, 0.15) is 31.4 Å². The Morgan fingerprint density at radius 2 is 2.06 bits per heavy atom. The number of amides is 1. The van der Waals surface area contributed by atoms with E-state index in [2.05, 4.69) is 11.9 Å². The molecule has 0 saturated carbocycles. The number of nitrogens with two attached hydrogens (primary N) is 1. The highest BCUT2D eigenvalue weighted by Crippen LogP contribution is 2.18. The van der Waals surface area contributed by atoms with Crippen molar-refractivity contribution in [3.8, 4) is 0 Å². The van der Waals surface area contributed by atoms with Gasteiger partial charge in [-0.2, -0.15) is 0 Å². The van der Waals surface area contributed by atoms with Gasteiger partial charge in [0.1, 0.15) is 0 Å². The van der Waals surface area contributed by atoms with Crippen molar-refractivity contribution < 1.29 is 4.79 Å². The van der Waals surface area contributed by atoms with Crippen LogP contribution in [0.25, 0.3) is 0 Å². The van der Waals surface area contributed by atoms with Gasteiger partial charge in [0, 0.05) is 18.7 Å². The highest BCUT2D eigenvalue weighted by molar-refractivity contribution is 5.88. The van der Waals surface area contributed by atoms with Crippen molar-refractivity contribution >= 4 is 24.0 Å². The predicted molar refractivity (Wildman–Crippen MR) is 74.4 cm³/mol. The molecule has 0 radical (unpaired) electrons. The van der Waals surface area contributed by atoms with Gasteiger partial charge >= 0.3 is 0 Å². The molecule has 1 atom stereocenters. The first kappa shape index (κ1) is 15.7. The molecule has 1 rings (SSSR count). The highest BCUT2D eigenvalue weighted by atomic mass is 35.5. The lowest BCUT2D eigenvalue weighted by atomic mass is 10.0. The molecule has 0 fully saturated rings. The van der Waals surface area contributed by atoms with E-state index < -0.39 is 0 Å². The zero-order valence-corrected chi connectivity index (χ0v) is 10.8. The van der Waals surface area contributed by atoms with Crippen LogP contribution in [-0.4, -0.2) is 5.91 Å². The third-order valence-corrected chi connectivity index (χ3v) is 2.34. The summed E-state index contributed by atoms with van der Waals surface area (Å²) in [6.45, 7) is 5.16. The second kappa shape index (κ2) is 7.87. The van der Waals surface area contributed by atoms with Crippen LogP contribution in [0.4, 0.5) is 5.69 Å². The maximum atomic E-state index is 10.8. The Morgan fingerprint density at radius 3 is 2.53 bits per heavy atom. The first-order chi connectivity index (χ1) is 7.63. The van der Waals surface area contributed by atoms with Crippen LogP contribution >= 0.6 is 12.4 Å². The van der Waals surface area contributed by atoms with Gasteiger partial charge in [0.15, 0.2) is 0 Å². The molecule has 0 aliphatic heterocycles. The molecule has 0 saturated heterocycles. The Kier molecular flexibility index (Phi) is 7.26. The van der Waals surface area contributed by atoms with E-state index in [0.717, 1.165) is 24.1 Å². The molecule has 1 aromatic carbocycles. The van der Waals surface area contributed by atoms with Gasteiger partial charge < -0.3 is 11.1 Å². The monoisotopic (exact) mass is 254 g/mol. The molecule has 0 bridgehead atoms. The largest absolute Gasteiger partial charge is 0.326 e. The second-order valence-electron chi connectivity index (χ2n) is 3.78. The summed E-state index contributed by atoms with van der Waals surface area (Å²) in [6, 6.07) is 7.65. The van der Waals surface area contributed by atoms with Crippen molar-refractivity contribution in [1.29, 1.82) is 0 Å². The summed E-state index contributed by atoms with van der Waals surface area (Å²) in [4.78, 5) is 10.8. The Bertz CT molecular complexity index is 362. The molecule has 3 nitrogen and oxygen atoms in total. The van der Waals surface area contributed by atoms with E-state index in [4.69, 9.17) is 5.73 Å². The number of allylic oxidation sites excluding steroid dienone is 1. The lowest BCUT2D eigenvalue weighted by molar-refractivity contribution is -0.114. The minimum Gasteiger partial charge on any atom is -0.326 e. The molecule has 0 heterocycles. The molecule has 4 heteroatoms. The van der Waals surface area contributed by atoms with E-state index in [1.54, 1.807) is 0 Å². The Labute approximate surface area is 109 Å². The first-order valence-electron chi connectivity index (χ1n) is 5.37. The van der Waals surface area contributed by atoms with Crippen molar-refractivity contribution in [3.63, 3.8) is 0 Å². The summed E-state index contributed by atoms with van der Waals surface area (Å²) in [5.41, 5.74) is 7.88. The second-order valence-corrected chi connectivity index (χ2v) is 3.78. The van der Waals surface area contributed by atoms with Gasteiger partial charge in [-0.3, -0.25) is 4.79 Å². The van der Waals surface area contributed by atoms with Crippen LogP contribution < -0.4 is 11.1 Å². The van der Waals surface area contributed by atoms with Gasteiger partial charge in [-0.05, 0) is 30.5 Å². The molecule has 1 amide bonds. The standard InChI is InChI=1S/C13H18N2O.ClH/c1-3-4-5-13(14)11-6-8-12(9-7-11)15-10(2)16;/h3,6-9,13H,1,4-5,14H2,2H3,(H,15,16);1H/t13-;/m1./s1. The predicted octanol–water partition coefficient (Wildman–Crippen LogP) is 3.03. The summed E-state index contributed by atoms with van der Waals surface area (Å²) >= 11 is 0. The fourth-order valence-electron chi connectivity index (χ4n) is 1.48. The molecule has 0 unspecified atom stereocenters. The third-order valence-electron chi connectivity index (χ3n) is 2.34. The number of hydrogen-bond donors (Lipinski definition) is 2. The number of anilines is 1. The minimum atomic E-state index is -0.0660. The molecule has 0 aliphatic carbocycles. The highest BCUT2D eigenvalue weighted by Gasteiger charge is 2.04. The lowest BCUT2D eigenvalue weighted by Crippen LogP contribution is -2.10. The number of halogens is 1. The Balaban J connectivity index is 0.00000256. The summed E-state index contributed by atoms with van der Waals surface area (Å²) in [7, 11) is 0. The van der Waals surface area contributed by atoms with E-state index in [9.17, 15) is 4.79 Å². The molecular weight excluding hydrogens is 236 g/mol. The van der Waals surface area contributed by atoms with E-state index in [1.165, 1.54) is 6.92 Å². The molecule has 0 aromatic heterocycles. The van der Waals surface area contributed by atoms with Crippen molar-refractivity contribution in [3.05, 3.63) is 42.5 Å². The number of benzene rings is 1. The van der Waals surface area contributed by atoms with Crippen molar-refractivity contribution in [1.82, 2.24) is 0 Å². The molecular formula is C13H19ClN2O. The average Bonchev–Trinajstić information content (AvgIpc) is 2.26. The van der Waals surface area contributed by atoms with Crippen molar-refractivity contribution in [2.45, 2.75) is 25.8 Å². The summed E-state index contributed by atoms with van der Waals surface area (Å²) in [6.07, 6.45) is 3.67. The van der Waals surface area contributed by atoms with Gasteiger partial charge in [-0.15, -0.1) is 19.0 Å². The van der Waals surface area contributed by atoms with Crippen molar-refractivity contribution in [2.24, 2.45) is 5.73 Å². The van der Waals surface area contributed by atoms with Crippen LogP contribution in [-0.2, 0) is 4.79 Å². The SMILES string of the molecule is C=CCC[C@@H](N)c1ccc(NC(C)=O)cc1.Cl. The molecule has 94 valence electrons. The number of carbonyl (C=O) groups is 1. The molecule has 3 N–H and O–H groups in total. The van der Waals surface area contributed by atoms with Crippen molar-refractivity contribution in [2.75, 3.05) is 5.32 Å². The maximum absolute atomic E-state index is 10.8. The van der Waals surface area contributed by atoms with E-state index in [-0.39, 0.29) is 24.4 Å². The van der Waals surface area contributed by atoms with Gasteiger partial charge in [0.05, 0.1) is 0 Å². The van der Waals surface area contributed by atoms with Gasteiger partial charge in [-0.1, -0.05) is 18.2 Å². The number of rotatable bonds is 5. The fourth-order valence-corrected chi connectivity index (χ4v) is 1.48. The molecule has 1 aromatic rings. The normalized spacial score (nSPS) is 11.2. The Morgan fingerprint density at radius 1 is 1.47 bits per heavy atom. The molecule has 0 aliphatic rings. The summed E-state index contributed by atoms with van der Waals surface area (Å²) < 4.78 is 0. The van der Waals surface area contributed by atoms with Crippen LogP contribution in [0.5, 0.6) is 0 Å². The minimum absolute atomic E-state index is 0. The maximum Gasteiger partial charge on any atom is 0.221 e. The van der Waals surface area contributed by atoms with Crippen LogP contribution in [0, 0.1) is 0 Å². The molecule has 17 heavy (non-hydrogen) atoms. The number of hydrogen-bond acceptors (Lipinski definition) is 2. The zero-order chi connectivity index (χ0) is 12.0. The van der Waals surface area contributed by atoms with Gasteiger partial charge in [0.25, 0.3) is 0 Å². The number of nitrogens with one attached hydrogen (secondary N) is 1. The fraction of sp³-hybridized carbons (Fsp3) is 0.308. The third kappa shape index (κ3) is 5.52. The molecule has 0 spiro atoms. The first-order valence-corrected chi connectivity index (χ1v) is 5.37. The summed E-state index contributed by atoms with van der Waals surface area (Å²) in [5.74, 6) is -0.0660. The quantitative estimate of drug-likeness (QED) is 0.794. The summed E-state index contributed by atoms with van der Waals surface area (Å²) in [5, 5.41) is 2.72. The van der Waals surface area contributed by atoms with E-state index in [0.29, 0.717) is 0 Å². The van der Waals surface area contributed by atoms with Crippen LogP contribution in [0.3, 0.4) is 0 Å². The van der Waals surface area contributed by atoms with E-state index >= 15 is 0 Å². The average molecular weight is 255 g/mol. The topological polar surface area (TPSA) is 55.1 Å². The van der Waals surface area contributed by atoms with Crippen LogP contribution in [0.15, 0.2) is 36.9 Å². The van der Waals surface area contributed by atoms with E-state index in [1.807, 2.05) is 30.3 Å².